The maximum atomic E-state index is 5.85. The number of nitrogens with one attached hydrogen (secondary N) is 1. The van der Waals surface area contributed by atoms with Gasteiger partial charge in [-0.1, -0.05) is 22.4 Å². The summed E-state index contributed by atoms with van der Waals surface area (Å²) < 4.78 is 12.3. The van der Waals surface area contributed by atoms with E-state index >= 15 is 0 Å². The van der Waals surface area contributed by atoms with Gasteiger partial charge in [-0.15, -0.1) is 0 Å². The third kappa shape index (κ3) is 3.63. The number of benzene rings is 1. The summed E-state index contributed by atoms with van der Waals surface area (Å²) in [5.74, 6) is 1.60. The molecule has 0 saturated carbocycles. The second kappa shape index (κ2) is 6.62. The van der Waals surface area contributed by atoms with Crippen molar-refractivity contribution >= 4 is 15.9 Å². The molecule has 19 heavy (non-hydrogen) atoms. The zero-order valence-corrected chi connectivity index (χ0v) is 13.4. The van der Waals surface area contributed by atoms with E-state index in [2.05, 4.69) is 27.3 Å². The van der Waals surface area contributed by atoms with Crippen molar-refractivity contribution in [2.24, 2.45) is 0 Å². The summed E-state index contributed by atoms with van der Waals surface area (Å²) in [6, 6.07) is 4.51. The van der Waals surface area contributed by atoms with E-state index in [4.69, 9.17) is 9.47 Å². The lowest BCUT2D eigenvalue weighted by atomic mass is 9.97. The molecule has 2 rings (SSSR count). The zero-order valence-electron chi connectivity index (χ0n) is 11.8. The molecule has 3 nitrogen and oxygen atoms in total. The molecule has 0 aliphatic carbocycles. The molecular formula is C15H22BrNO2. The number of hydrogen-bond acceptors (Lipinski definition) is 3. The number of piperidine rings is 1. The van der Waals surface area contributed by atoms with Gasteiger partial charge in [-0.3, -0.25) is 0 Å². The molecule has 1 unspecified atom stereocenters. The highest BCUT2D eigenvalue weighted by Crippen LogP contribution is 2.38. The fraction of sp³-hybridized carbons (Fsp3) is 0.600. The SMILES string of the molecule is COc1cc(Br)c(C2CCCCN2)cc1OC(C)C. The third-order valence-electron chi connectivity index (χ3n) is 3.33. The molecule has 0 radical (unpaired) electrons. The topological polar surface area (TPSA) is 30.5 Å². The summed E-state index contributed by atoms with van der Waals surface area (Å²) >= 11 is 3.65. The van der Waals surface area contributed by atoms with Gasteiger partial charge in [0, 0.05) is 10.5 Å². The van der Waals surface area contributed by atoms with Crippen LogP contribution in [0.15, 0.2) is 16.6 Å². The standard InChI is InChI=1S/C15H22BrNO2/c1-10(2)19-15-8-11(12(16)9-14(15)18-3)13-6-4-5-7-17-13/h8-10,13,17H,4-7H2,1-3H3. The summed E-state index contributed by atoms with van der Waals surface area (Å²) in [4.78, 5) is 0. The van der Waals surface area contributed by atoms with Crippen LogP contribution in [0.3, 0.4) is 0 Å². The second-order valence-corrected chi connectivity index (χ2v) is 6.05. The van der Waals surface area contributed by atoms with Crippen LogP contribution in [0.1, 0.15) is 44.7 Å². The molecule has 1 aromatic rings. The van der Waals surface area contributed by atoms with Crippen molar-refractivity contribution in [1.82, 2.24) is 5.32 Å². The summed E-state index contributed by atoms with van der Waals surface area (Å²) in [6.45, 7) is 5.14. The van der Waals surface area contributed by atoms with E-state index < -0.39 is 0 Å². The number of ether oxygens (including phenoxy) is 2. The van der Waals surface area contributed by atoms with E-state index in [0.717, 1.165) is 22.5 Å². The molecule has 1 N–H and O–H groups in total. The number of rotatable bonds is 4. The smallest absolute Gasteiger partial charge is 0.161 e. The average molecular weight is 328 g/mol. The molecule has 1 aliphatic rings. The first-order valence-electron chi connectivity index (χ1n) is 6.89. The van der Waals surface area contributed by atoms with E-state index in [1.165, 1.54) is 24.8 Å². The molecule has 1 heterocycles. The Balaban J connectivity index is 2.31. The van der Waals surface area contributed by atoms with Crippen LogP contribution in [0.25, 0.3) is 0 Å². The summed E-state index contributed by atoms with van der Waals surface area (Å²) in [5, 5.41) is 3.57. The Labute approximate surface area is 123 Å². The van der Waals surface area contributed by atoms with Gasteiger partial charge in [-0.05, 0) is 50.9 Å². The molecule has 0 aromatic heterocycles. The average Bonchev–Trinajstić information content (AvgIpc) is 2.40. The van der Waals surface area contributed by atoms with Crippen molar-refractivity contribution in [3.8, 4) is 11.5 Å². The molecule has 1 atom stereocenters. The largest absolute Gasteiger partial charge is 0.493 e. The maximum absolute atomic E-state index is 5.85. The Morgan fingerprint density at radius 1 is 1.26 bits per heavy atom. The first kappa shape index (κ1) is 14.7. The Morgan fingerprint density at radius 2 is 2.05 bits per heavy atom. The van der Waals surface area contributed by atoms with E-state index in [0.29, 0.717) is 6.04 Å². The second-order valence-electron chi connectivity index (χ2n) is 5.19. The minimum atomic E-state index is 0.141. The van der Waals surface area contributed by atoms with E-state index in [9.17, 15) is 0 Å². The van der Waals surface area contributed by atoms with Gasteiger partial charge in [0.25, 0.3) is 0 Å². The Hall–Kier alpha value is -0.740. The first-order valence-corrected chi connectivity index (χ1v) is 7.68. The highest BCUT2D eigenvalue weighted by Gasteiger charge is 2.20. The highest BCUT2D eigenvalue weighted by molar-refractivity contribution is 9.10. The van der Waals surface area contributed by atoms with E-state index in [1.807, 2.05) is 19.9 Å². The van der Waals surface area contributed by atoms with Crippen LogP contribution in [-0.2, 0) is 0 Å². The van der Waals surface area contributed by atoms with Gasteiger partial charge in [-0.25, -0.2) is 0 Å². The molecule has 106 valence electrons. The van der Waals surface area contributed by atoms with Gasteiger partial charge in [0.2, 0.25) is 0 Å². The molecule has 1 aliphatic heterocycles. The van der Waals surface area contributed by atoms with Crippen molar-refractivity contribution < 1.29 is 9.47 Å². The molecular weight excluding hydrogens is 306 g/mol. The maximum Gasteiger partial charge on any atom is 0.161 e. The lowest BCUT2D eigenvalue weighted by Crippen LogP contribution is -2.27. The van der Waals surface area contributed by atoms with Gasteiger partial charge in [0.1, 0.15) is 0 Å². The van der Waals surface area contributed by atoms with Crippen molar-refractivity contribution in [2.75, 3.05) is 13.7 Å². The minimum Gasteiger partial charge on any atom is -0.493 e. The van der Waals surface area contributed by atoms with Crippen LogP contribution < -0.4 is 14.8 Å². The Morgan fingerprint density at radius 3 is 2.63 bits per heavy atom. The van der Waals surface area contributed by atoms with Crippen LogP contribution in [0, 0.1) is 0 Å². The zero-order chi connectivity index (χ0) is 13.8. The van der Waals surface area contributed by atoms with Crippen LogP contribution >= 0.6 is 15.9 Å². The number of halogens is 1. The van der Waals surface area contributed by atoms with Gasteiger partial charge < -0.3 is 14.8 Å². The van der Waals surface area contributed by atoms with Crippen LogP contribution in [0.4, 0.5) is 0 Å². The van der Waals surface area contributed by atoms with Crippen molar-refractivity contribution in [2.45, 2.75) is 45.3 Å². The summed E-state index contributed by atoms with van der Waals surface area (Å²) in [6.07, 6.45) is 3.85. The van der Waals surface area contributed by atoms with Gasteiger partial charge >= 0.3 is 0 Å². The lowest BCUT2D eigenvalue weighted by Gasteiger charge is -2.26. The minimum absolute atomic E-state index is 0.141. The van der Waals surface area contributed by atoms with Gasteiger partial charge in [0.15, 0.2) is 11.5 Å². The van der Waals surface area contributed by atoms with Gasteiger partial charge in [0.05, 0.1) is 13.2 Å². The molecule has 0 bridgehead atoms. The molecule has 0 spiro atoms. The molecule has 1 aromatic carbocycles. The Kier molecular flexibility index (Phi) is 5.11. The number of hydrogen-bond donors (Lipinski definition) is 1. The highest BCUT2D eigenvalue weighted by atomic mass is 79.9. The van der Waals surface area contributed by atoms with Crippen molar-refractivity contribution in [1.29, 1.82) is 0 Å². The van der Waals surface area contributed by atoms with Crippen molar-refractivity contribution in [3.05, 3.63) is 22.2 Å². The molecule has 4 heteroatoms. The Bertz CT molecular complexity index is 428. The molecule has 1 fully saturated rings. The van der Waals surface area contributed by atoms with Crippen LogP contribution in [0.5, 0.6) is 11.5 Å². The predicted octanol–water partition coefficient (Wildman–Crippen LogP) is 4.06. The molecule has 1 saturated heterocycles. The number of methoxy groups -OCH3 is 1. The first-order chi connectivity index (χ1) is 9.11. The van der Waals surface area contributed by atoms with Gasteiger partial charge in [-0.2, -0.15) is 0 Å². The van der Waals surface area contributed by atoms with Crippen LogP contribution in [0.2, 0.25) is 0 Å². The monoisotopic (exact) mass is 327 g/mol. The third-order valence-corrected chi connectivity index (χ3v) is 4.02. The normalized spacial score (nSPS) is 19.5. The van der Waals surface area contributed by atoms with E-state index in [-0.39, 0.29) is 6.10 Å². The predicted molar refractivity (Wildman–Crippen MR) is 81.1 cm³/mol. The lowest BCUT2D eigenvalue weighted by molar-refractivity contribution is 0.229. The quantitative estimate of drug-likeness (QED) is 0.904. The molecule has 0 amide bonds. The van der Waals surface area contributed by atoms with Crippen molar-refractivity contribution in [3.63, 3.8) is 0 Å². The summed E-state index contributed by atoms with van der Waals surface area (Å²) in [7, 11) is 1.67. The fourth-order valence-electron chi connectivity index (χ4n) is 2.44. The van der Waals surface area contributed by atoms with Crippen LogP contribution in [-0.4, -0.2) is 19.8 Å². The van der Waals surface area contributed by atoms with E-state index in [1.54, 1.807) is 7.11 Å². The fourth-order valence-corrected chi connectivity index (χ4v) is 3.04. The summed E-state index contributed by atoms with van der Waals surface area (Å²) in [5.41, 5.74) is 1.26.